The first kappa shape index (κ1) is 30.2. The lowest BCUT2D eigenvalue weighted by molar-refractivity contribution is 0.0866. The zero-order chi connectivity index (χ0) is 31.8. The van der Waals surface area contributed by atoms with Crippen LogP contribution in [-0.4, -0.2) is 43.5 Å². The number of aromatic nitrogens is 4. The third-order valence-corrected chi connectivity index (χ3v) is 9.84. The summed E-state index contributed by atoms with van der Waals surface area (Å²) >= 11 is 6.90. The first-order valence-corrected chi connectivity index (χ1v) is 16.5. The van der Waals surface area contributed by atoms with Crippen LogP contribution in [0.25, 0.3) is 10.9 Å². The summed E-state index contributed by atoms with van der Waals surface area (Å²) in [6.45, 7) is 8.92. The number of nitrogens with one attached hydrogen (secondary N) is 2. The lowest BCUT2D eigenvalue weighted by atomic mass is 9.98. The van der Waals surface area contributed by atoms with Crippen LogP contribution in [0.2, 0.25) is 5.02 Å². The molecule has 0 saturated carbocycles. The molecule has 2 aliphatic rings. The van der Waals surface area contributed by atoms with Gasteiger partial charge in [-0.15, -0.1) is 5.10 Å². The molecule has 0 bridgehead atoms. The number of fused-ring (bicyclic) bond motifs is 2. The molecule has 0 amide bonds. The van der Waals surface area contributed by atoms with Gasteiger partial charge in [0.05, 0.1) is 46.1 Å². The fourth-order valence-electron chi connectivity index (χ4n) is 7.01. The van der Waals surface area contributed by atoms with Crippen molar-refractivity contribution < 1.29 is 0 Å². The Balaban J connectivity index is 1.22. The molecule has 1 saturated heterocycles. The van der Waals surface area contributed by atoms with Crippen LogP contribution >= 0.6 is 11.6 Å². The summed E-state index contributed by atoms with van der Waals surface area (Å²) in [4.78, 5) is 7.13. The number of aryl methyl sites for hydroxylation is 1. The molecule has 1 unspecified atom stereocenters. The second-order valence-electron chi connectivity index (χ2n) is 13.4. The number of piperidine rings is 1. The minimum absolute atomic E-state index is 0.103. The zero-order valence-electron chi connectivity index (χ0n) is 26.5. The van der Waals surface area contributed by atoms with Crippen LogP contribution < -0.4 is 10.6 Å². The summed E-state index contributed by atoms with van der Waals surface area (Å²) in [5.74, 6) is 0. The maximum absolute atomic E-state index is 10.1. The molecule has 8 nitrogen and oxygen atoms in total. The number of pyridine rings is 1. The average molecular weight is 631 g/mol. The highest BCUT2D eigenvalue weighted by Gasteiger charge is 2.29. The number of anilines is 2. The van der Waals surface area contributed by atoms with Gasteiger partial charge in [0.1, 0.15) is 11.8 Å². The number of hydrogen-bond donors (Lipinski definition) is 2. The molecule has 46 heavy (non-hydrogen) atoms. The van der Waals surface area contributed by atoms with Crippen LogP contribution in [-0.2, 0) is 6.42 Å². The van der Waals surface area contributed by atoms with Crippen LogP contribution in [0.1, 0.15) is 86.1 Å². The van der Waals surface area contributed by atoms with Gasteiger partial charge in [-0.1, -0.05) is 71.4 Å². The van der Waals surface area contributed by atoms with Gasteiger partial charge in [-0.05, 0) is 75.3 Å². The third kappa shape index (κ3) is 5.93. The van der Waals surface area contributed by atoms with E-state index in [9.17, 15) is 5.26 Å². The fourth-order valence-corrected chi connectivity index (χ4v) is 7.28. The maximum atomic E-state index is 10.1. The molecule has 234 valence electrons. The Morgan fingerprint density at radius 1 is 1.00 bits per heavy atom. The van der Waals surface area contributed by atoms with Crippen molar-refractivity contribution in [1.29, 1.82) is 5.26 Å². The normalized spacial score (nSPS) is 17.8. The molecule has 9 heteroatoms. The van der Waals surface area contributed by atoms with E-state index in [2.05, 4.69) is 100 Å². The molecular formula is C37H39ClN8. The zero-order valence-corrected chi connectivity index (χ0v) is 27.3. The maximum Gasteiger partial charge on any atom is 0.109 e. The predicted octanol–water partition coefficient (Wildman–Crippen LogP) is 8.09. The van der Waals surface area contributed by atoms with Crippen molar-refractivity contribution in [3.63, 3.8) is 0 Å². The number of halogens is 1. The molecule has 1 fully saturated rings. The van der Waals surface area contributed by atoms with Crippen LogP contribution in [0.4, 0.5) is 11.4 Å². The molecule has 3 heterocycles. The highest BCUT2D eigenvalue weighted by atomic mass is 35.5. The van der Waals surface area contributed by atoms with Crippen LogP contribution in [0.5, 0.6) is 0 Å². The van der Waals surface area contributed by atoms with E-state index in [0.29, 0.717) is 22.1 Å². The minimum Gasteiger partial charge on any atom is -0.377 e. The lowest BCUT2D eigenvalue weighted by Crippen LogP contribution is -2.46. The monoisotopic (exact) mass is 630 g/mol. The van der Waals surface area contributed by atoms with Crippen molar-refractivity contribution in [3.05, 3.63) is 112 Å². The van der Waals surface area contributed by atoms with Gasteiger partial charge in [-0.3, -0.25) is 9.88 Å². The highest BCUT2D eigenvalue weighted by molar-refractivity contribution is 6.35. The van der Waals surface area contributed by atoms with Crippen molar-refractivity contribution in [2.45, 2.75) is 70.1 Å². The fraction of sp³-hybridized carbons (Fsp3) is 0.351. The van der Waals surface area contributed by atoms with E-state index in [0.717, 1.165) is 66.8 Å². The summed E-state index contributed by atoms with van der Waals surface area (Å²) in [6.07, 6.45) is 7.74. The molecule has 0 radical (unpaired) electrons. The van der Waals surface area contributed by atoms with Crippen molar-refractivity contribution in [1.82, 2.24) is 24.9 Å². The Labute approximate surface area is 275 Å². The Bertz CT molecular complexity index is 1900. The number of rotatable bonds is 7. The van der Waals surface area contributed by atoms with Crippen molar-refractivity contribution in [2.75, 3.05) is 23.7 Å². The lowest BCUT2D eigenvalue weighted by Gasteiger charge is -2.40. The summed E-state index contributed by atoms with van der Waals surface area (Å²) < 4.78 is 2.05. The van der Waals surface area contributed by atoms with Gasteiger partial charge in [-0.2, -0.15) is 5.26 Å². The van der Waals surface area contributed by atoms with Gasteiger partial charge in [0.25, 0.3) is 0 Å². The van der Waals surface area contributed by atoms with E-state index in [1.54, 1.807) is 6.20 Å². The van der Waals surface area contributed by atoms with Gasteiger partial charge in [0.15, 0.2) is 0 Å². The van der Waals surface area contributed by atoms with Crippen LogP contribution in [0, 0.1) is 11.3 Å². The third-order valence-electron chi connectivity index (χ3n) is 9.55. The molecule has 2 aromatic heterocycles. The first-order chi connectivity index (χ1) is 22.3. The topological polar surface area (TPSA) is 94.7 Å². The van der Waals surface area contributed by atoms with Gasteiger partial charge < -0.3 is 10.6 Å². The molecule has 3 aromatic carbocycles. The standard InChI is InChI=1S/C37H39ClN8/c1-37(2,3)45-17-15-28(16-18-45)46-23-33(43-44-46)35(25-10-5-4-6-11-25)41-27-19-30-34(26(21-39)22-40-36(30)31(38)20-27)42-32-14-13-24-9-7-8-12-29(24)32/h4-12,19-20,22-23,28,32,35,41H,13-18H2,1-3H3,(H,40,42)/t32-,35?/m1/s1. The number of likely N-dealkylation sites (tertiary alicyclic amines) is 1. The van der Waals surface area contributed by atoms with E-state index < -0.39 is 0 Å². The Morgan fingerprint density at radius 3 is 2.52 bits per heavy atom. The van der Waals surface area contributed by atoms with Crippen molar-refractivity contribution in [2.24, 2.45) is 0 Å². The van der Waals surface area contributed by atoms with Gasteiger partial charge in [0.2, 0.25) is 0 Å². The number of benzene rings is 3. The SMILES string of the molecule is CC(C)(C)N1CCC(n2cc(C(Nc3cc(Cl)c4ncc(C#N)c(N[C@@H]5CCc6ccccc65)c4c3)c3ccccc3)nn2)CC1. The van der Waals surface area contributed by atoms with Crippen molar-refractivity contribution in [3.8, 4) is 6.07 Å². The minimum atomic E-state index is -0.261. The van der Waals surface area contributed by atoms with Crippen LogP contribution in [0.3, 0.4) is 0 Å². The summed E-state index contributed by atoms with van der Waals surface area (Å²) in [6, 6.07) is 25.2. The smallest absolute Gasteiger partial charge is 0.109 e. The molecular weight excluding hydrogens is 592 g/mol. The van der Waals surface area contributed by atoms with E-state index in [-0.39, 0.29) is 17.6 Å². The summed E-state index contributed by atoms with van der Waals surface area (Å²) in [7, 11) is 0. The van der Waals surface area contributed by atoms with Gasteiger partial charge in [-0.25, -0.2) is 4.68 Å². The molecule has 1 aliphatic carbocycles. The van der Waals surface area contributed by atoms with Gasteiger partial charge >= 0.3 is 0 Å². The van der Waals surface area contributed by atoms with Crippen molar-refractivity contribution >= 4 is 33.9 Å². The largest absolute Gasteiger partial charge is 0.377 e. The molecule has 7 rings (SSSR count). The highest BCUT2D eigenvalue weighted by Crippen LogP contribution is 2.40. The Morgan fingerprint density at radius 2 is 1.76 bits per heavy atom. The Kier molecular flexibility index (Phi) is 8.14. The number of nitriles is 1. The average Bonchev–Trinajstić information content (AvgIpc) is 3.72. The molecule has 5 aromatic rings. The first-order valence-electron chi connectivity index (χ1n) is 16.1. The second kappa shape index (κ2) is 12.4. The predicted molar refractivity (Wildman–Crippen MR) is 184 cm³/mol. The number of hydrogen-bond acceptors (Lipinski definition) is 7. The summed E-state index contributed by atoms with van der Waals surface area (Å²) in [5.41, 5.74) is 7.40. The quantitative estimate of drug-likeness (QED) is 0.188. The van der Waals surface area contributed by atoms with E-state index in [1.807, 2.05) is 35.0 Å². The molecule has 0 spiro atoms. The van der Waals surface area contributed by atoms with E-state index in [4.69, 9.17) is 11.6 Å². The van der Waals surface area contributed by atoms with E-state index in [1.165, 1.54) is 11.1 Å². The molecule has 2 N–H and O–H groups in total. The molecule has 2 atom stereocenters. The van der Waals surface area contributed by atoms with Gasteiger partial charge in [0, 0.05) is 35.9 Å². The van der Waals surface area contributed by atoms with E-state index >= 15 is 0 Å². The number of nitrogens with zero attached hydrogens (tertiary/aromatic N) is 6. The van der Waals surface area contributed by atoms with Crippen LogP contribution in [0.15, 0.2) is 79.1 Å². The summed E-state index contributed by atoms with van der Waals surface area (Å²) in [5, 5.41) is 28.1. The second-order valence-corrected chi connectivity index (χ2v) is 13.9. The molecule has 1 aliphatic heterocycles. The Hall–Kier alpha value is -4.45.